The van der Waals surface area contributed by atoms with E-state index in [0.29, 0.717) is 44.2 Å². The topological polar surface area (TPSA) is 82.9 Å². The Labute approximate surface area is 224 Å². The highest BCUT2D eigenvalue weighted by molar-refractivity contribution is 7.89. The Bertz CT molecular complexity index is 1520. The van der Waals surface area contributed by atoms with Crippen molar-refractivity contribution in [2.75, 3.05) is 37.6 Å². The van der Waals surface area contributed by atoms with Gasteiger partial charge in [-0.3, -0.25) is 9.59 Å². The molecule has 0 spiro atoms. The van der Waals surface area contributed by atoms with E-state index in [1.807, 2.05) is 0 Å². The number of aromatic nitrogens is 1. The standard InChI is InChI=1S/C29H36N4O4S/c1-20-5-7-23(8-6-20)33-16-15-31(18-22(33)3)29(35)26-19-30(4)27-10-9-24(17-25(27)28(26)34)38(36,37)32-13-11-21(2)12-14-32/h5-10,17,19,21-22H,11-16,18H2,1-4H3/t22-/m0/s1. The number of carbonyl (C=O) groups excluding carboxylic acids is 1. The zero-order valence-corrected chi connectivity index (χ0v) is 23.4. The first kappa shape index (κ1) is 26.4. The molecule has 0 unspecified atom stereocenters. The second kappa shape index (κ2) is 10.2. The van der Waals surface area contributed by atoms with Crippen LogP contribution in [0, 0.1) is 12.8 Å². The Balaban J connectivity index is 1.42. The number of aryl methyl sites for hydroxylation is 2. The molecule has 1 atom stereocenters. The van der Waals surface area contributed by atoms with E-state index in [1.54, 1.807) is 34.8 Å². The Morgan fingerprint density at radius 3 is 2.29 bits per heavy atom. The quantitative estimate of drug-likeness (QED) is 0.509. The number of piperidine rings is 1. The van der Waals surface area contributed by atoms with Gasteiger partial charge in [0.25, 0.3) is 5.91 Å². The number of carbonyl (C=O) groups is 1. The lowest BCUT2D eigenvalue weighted by atomic mass is 10.0. The molecule has 0 bridgehead atoms. The van der Waals surface area contributed by atoms with Crippen molar-refractivity contribution in [1.29, 1.82) is 0 Å². The molecule has 1 amide bonds. The minimum atomic E-state index is -3.72. The summed E-state index contributed by atoms with van der Waals surface area (Å²) < 4.78 is 29.9. The summed E-state index contributed by atoms with van der Waals surface area (Å²) in [6.07, 6.45) is 3.22. The van der Waals surface area contributed by atoms with Crippen molar-refractivity contribution in [2.45, 2.75) is 44.6 Å². The molecule has 3 aromatic rings. The van der Waals surface area contributed by atoms with Gasteiger partial charge in [0, 0.05) is 63.1 Å². The van der Waals surface area contributed by atoms with Crippen molar-refractivity contribution < 1.29 is 13.2 Å². The van der Waals surface area contributed by atoms with Crippen LogP contribution in [-0.2, 0) is 17.1 Å². The molecule has 202 valence electrons. The molecule has 0 radical (unpaired) electrons. The number of fused-ring (bicyclic) bond motifs is 1. The minimum absolute atomic E-state index is 0.0670. The van der Waals surface area contributed by atoms with E-state index in [4.69, 9.17) is 0 Å². The first-order valence-corrected chi connectivity index (χ1v) is 14.8. The molecule has 2 saturated heterocycles. The first-order valence-electron chi connectivity index (χ1n) is 13.3. The lowest BCUT2D eigenvalue weighted by Gasteiger charge is -2.41. The maximum Gasteiger partial charge on any atom is 0.259 e. The van der Waals surface area contributed by atoms with Crippen molar-refractivity contribution in [3.8, 4) is 0 Å². The fourth-order valence-electron chi connectivity index (χ4n) is 5.59. The number of hydrogen-bond acceptors (Lipinski definition) is 5. The SMILES string of the molecule is Cc1ccc(N2CCN(C(=O)c3cn(C)c4ccc(S(=O)(=O)N5CCC(C)CC5)cc4c3=O)C[C@@H]2C)cc1. The fraction of sp³-hybridized carbons (Fsp3) is 0.448. The Kier molecular flexibility index (Phi) is 7.09. The molecule has 8 nitrogen and oxygen atoms in total. The van der Waals surface area contributed by atoms with Gasteiger partial charge >= 0.3 is 0 Å². The van der Waals surface area contributed by atoms with E-state index in [1.165, 1.54) is 15.9 Å². The van der Waals surface area contributed by atoms with Crippen molar-refractivity contribution >= 4 is 32.5 Å². The van der Waals surface area contributed by atoms with E-state index in [0.717, 1.165) is 18.5 Å². The van der Waals surface area contributed by atoms with E-state index >= 15 is 0 Å². The average Bonchev–Trinajstić information content (AvgIpc) is 2.91. The Morgan fingerprint density at radius 1 is 0.947 bits per heavy atom. The second-order valence-corrected chi connectivity index (χ2v) is 12.8. The Morgan fingerprint density at radius 2 is 1.63 bits per heavy atom. The number of amides is 1. The molecule has 0 N–H and O–H groups in total. The number of anilines is 1. The summed E-state index contributed by atoms with van der Waals surface area (Å²) in [7, 11) is -1.94. The van der Waals surface area contributed by atoms with Crippen molar-refractivity contribution in [2.24, 2.45) is 13.0 Å². The van der Waals surface area contributed by atoms with Crippen LogP contribution < -0.4 is 10.3 Å². The maximum absolute atomic E-state index is 13.6. The average molecular weight is 537 g/mol. The van der Waals surface area contributed by atoms with E-state index < -0.39 is 15.5 Å². The summed E-state index contributed by atoms with van der Waals surface area (Å²) in [6.45, 7) is 8.88. The second-order valence-electron chi connectivity index (χ2n) is 10.9. The number of hydrogen-bond donors (Lipinski definition) is 0. The van der Waals surface area contributed by atoms with Crippen LogP contribution in [0.15, 0.2) is 58.4 Å². The van der Waals surface area contributed by atoms with Crippen LogP contribution in [-0.4, -0.2) is 66.9 Å². The number of nitrogens with zero attached hydrogens (tertiary/aromatic N) is 4. The molecule has 5 rings (SSSR count). The number of sulfonamides is 1. The summed E-state index contributed by atoms with van der Waals surface area (Å²) >= 11 is 0. The Hall–Kier alpha value is -3.17. The third kappa shape index (κ3) is 4.85. The molecule has 2 aliphatic rings. The monoisotopic (exact) mass is 536 g/mol. The van der Waals surface area contributed by atoms with Gasteiger partial charge in [-0.05, 0) is 62.9 Å². The smallest absolute Gasteiger partial charge is 0.259 e. The summed E-state index contributed by atoms with van der Waals surface area (Å²) in [5, 5.41) is 0.246. The van der Waals surface area contributed by atoms with Gasteiger partial charge in [-0.25, -0.2) is 8.42 Å². The first-order chi connectivity index (χ1) is 18.1. The zero-order valence-electron chi connectivity index (χ0n) is 22.6. The summed E-state index contributed by atoms with van der Waals surface area (Å²) in [6, 6.07) is 13.1. The van der Waals surface area contributed by atoms with Gasteiger partial charge in [0.1, 0.15) is 5.56 Å². The molecule has 0 saturated carbocycles. The van der Waals surface area contributed by atoms with Gasteiger partial charge in [-0.1, -0.05) is 24.6 Å². The van der Waals surface area contributed by atoms with Gasteiger partial charge in [0.05, 0.1) is 10.4 Å². The third-order valence-corrected chi connectivity index (χ3v) is 9.95. The number of pyridine rings is 1. The highest BCUT2D eigenvalue weighted by Crippen LogP contribution is 2.26. The highest BCUT2D eigenvalue weighted by Gasteiger charge is 2.31. The van der Waals surface area contributed by atoms with Crippen molar-refractivity contribution in [1.82, 2.24) is 13.8 Å². The minimum Gasteiger partial charge on any atom is -0.365 e. The summed E-state index contributed by atoms with van der Waals surface area (Å²) in [4.78, 5) is 31.3. The molecule has 3 heterocycles. The van der Waals surface area contributed by atoms with Crippen LogP contribution in [0.25, 0.3) is 10.9 Å². The lowest BCUT2D eigenvalue weighted by molar-refractivity contribution is 0.0724. The predicted molar refractivity (Wildman–Crippen MR) is 150 cm³/mol. The highest BCUT2D eigenvalue weighted by atomic mass is 32.2. The van der Waals surface area contributed by atoms with Crippen molar-refractivity contribution in [3.05, 3.63) is 70.0 Å². The van der Waals surface area contributed by atoms with E-state index in [-0.39, 0.29) is 27.8 Å². The number of benzene rings is 2. The summed E-state index contributed by atoms with van der Waals surface area (Å²) in [5.74, 6) is 0.182. The lowest BCUT2D eigenvalue weighted by Crippen LogP contribution is -2.54. The van der Waals surface area contributed by atoms with Gasteiger partial charge < -0.3 is 14.4 Å². The molecule has 38 heavy (non-hydrogen) atoms. The summed E-state index contributed by atoms with van der Waals surface area (Å²) in [5.41, 5.74) is 2.55. The van der Waals surface area contributed by atoms with Crippen LogP contribution in [0.1, 0.15) is 42.6 Å². The molecule has 2 aliphatic heterocycles. The molecule has 2 fully saturated rings. The number of piperazine rings is 1. The van der Waals surface area contributed by atoms with Crippen LogP contribution in [0.2, 0.25) is 0 Å². The predicted octanol–water partition coefficient (Wildman–Crippen LogP) is 3.62. The fourth-order valence-corrected chi connectivity index (χ4v) is 7.09. The molecular weight excluding hydrogens is 500 g/mol. The molecule has 9 heteroatoms. The normalized spacial score (nSPS) is 19.7. The molecule has 1 aromatic heterocycles. The van der Waals surface area contributed by atoms with Gasteiger partial charge in [-0.15, -0.1) is 0 Å². The van der Waals surface area contributed by atoms with Crippen LogP contribution >= 0.6 is 0 Å². The van der Waals surface area contributed by atoms with Crippen molar-refractivity contribution in [3.63, 3.8) is 0 Å². The van der Waals surface area contributed by atoms with Crippen LogP contribution in [0.3, 0.4) is 0 Å². The molecule has 2 aromatic carbocycles. The van der Waals surface area contributed by atoms with Crippen LogP contribution in [0.5, 0.6) is 0 Å². The van der Waals surface area contributed by atoms with Gasteiger partial charge in [0.2, 0.25) is 15.5 Å². The largest absolute Gasteiger partial charge is 0.365 e. The van der Waals surface area contributed by atoms with Gasteiger partial charge in [-0.2, -0.15) is 4.31 Å². The zero-order chi connectivity index (χ0) is 27.2. The van der Waals surface area contributed by atoms with Crippen LogP contribution in [0.4, 0.5) is 5.69 Å². The number of rotatable bonds is 4. The van der Waals surface area contributed by atoms with E-state index in [2.05, 4.69) is 49.9 Å². The molecule has 0 aliphatic carbocycles. The van der Waals surface area contributed by atoms with Gasteiger partial charge in [0.15, 0.2) is 0 Å². The molecular formula is C29H36N4O4S. The maximum atomic E-state index is 13.6. The van der Waals surface area contributed by atoms with E-state index in [9.17, 15) is 18.0 Å². The third-order valence-electron chi connectivity index (χ3n) is 8.05.